The summed E-state index contributed by atoms with van der Waals surface area (Å²) in [6.07, 6.45) is 18.7. The Kier molecular flexibility index (Phi) is 5.43. The number of fused-ring (bicyclic) bond motifs is 10. The average molecular weight is 566 g/mol. The van der Waals surface area contributed by atoms with Crippen molar-refractivity contribution in [2.24, 2.45) is 17.8 Å². The topological polar surface area (TPSA) is 25.6 Å². The lowest BCUT2D eigenvalue weighted by atomic mass is 9.67. The van der Waals surface area contributed by atoms with E-state index in [2.05, 4.69) is 129 Å². The summed E-state index contributed by atoms with van der Waals surface area (Å²) in [7, 11) is 0. The molecule has 4 aromatic rings. The van der Waals surface area contributed by atoms with Gasteiger partial charge in [0.2, 0.25) is 0 Å². The molecule has 3 heterocycles. The van der Waals surface area contributed by atoms with Gasteiger partial charge in [-0.25, -0.2) is 0 Å². The smallest absolute Gasteiger partial charge is 0.134 e. The molecule has 3 heteroatoms. The van der Waals surface area contributed by atoms with E-state index >= 15 is 0 Å². The van der Waals surface area contributed by atoms with Crippen molar-refractivity contribution in [1.29, 1.82) is 0 Å². The third-order valence-corrected chi connectivity index (χ3v) is 11.5. The Labute approximate surface area is 254 Å². The normalized spacial score (nSPS) is 33.3. The number of hydrogen-bond acceptors (Lipinski definition) is 3. The molecular weight excluding hydrogens is 526 g/mol. The maximum atomic E-state index is 7.08. The van der Waals surface area contributed by atoms with Crippen molar-refractivity contribution in [3.8, 4) is 11.1 Å². The molecule has 0 N–H and O–H groups in total. The summed E-state index contributed by atoms with van der Waals surface area (Å²) in [6.45, 7) is 7.01. The van der Waals surface area contributed by atoms with Crippen LogP contribution in [0.1, 0.15) is 56.4 Å². The van der Waals surface area contributed by atoms with Gasteiger partial charge in [-0.05, 0) is 68.0 Å². The van der Waals surface area contributed by atoms with E-state index in [0.29, 0.717) is 11.8 Å². The second-order valence-corrected chi connectivity index (χ2v) is 13.8. The molecule has 0 spiro atoms. The SMILES string of the molecule is CCC1CCc2oc3ccc(-c4ccccc4N4c5ccccc5C5C6OC7(C)C=CC=CC7C6C=CC54C)cc3c2C1. The summed E-state index contributed by atoms with van der Waals surface area (Å²) in [5, 5.41) is 1.29. The lowest BCUT2D eigenvalue weighted by Gasteiger charge is -2.45. The highest BCUT2D eigenvalue weighted by atomic mass is 16.5. The van der Waals surface area contributed by atoms with Gasteiger partial charge in [0.15, 0.2) is 0 Å². The van der Waals surface area contributed by atoms with E-state index in [-0.39, 0.29) is 23.2 Å². The van der Waals surface area contributed by atoms with Crippen molar-refractivity contribution >= 4 is 22.3 Å². The summed E-state index contributed by atoms with van der Waals surface area (Å²) in [5.41, 5.74) is 8.36. The number of furan rings is 1. The highest BCUT2D eigenvalue weighted by Crippen LogP contribution is 2.62. The Bertz CT molecular complexity index is 1860. The van der Waals surface area contributed by atoms with E-state index in [1.165, 1.54) is 57.6 Å². The number of para-hydroxylation sites is 2. The lowest BCUT2D eigenvalue weighted by Crippen LogP contribution is -2.49. The molecule has 9 rings (SSSR count). The van der Waals surface area contributed by atoms with Crippen LogP contribution in [0.2, 0.25) is 0 Å². The molecule has 1 aromatic heterocycles. The maximum absolute atomic E-state index is 7.08. The average Bonchev–Trinajstić information content (AvgIpc) is 3.64. The quantitative estimate of drug-likeness (QED) is 0.231. The number of allylic oxidation sites excluding steroid dienone is 2. The number of benzene rings is 3. The Morgan fingerprint density at radius 2 is 1.74 bits per heavy atom. The molecule has 0 bridgehead atoms. The Hall–Kier alpha value is -3.82. The van der Waals surface area contributed by atoms with Crippen molar-refractivity contribution in [1.82, 2.24) is 0 Å². The maximum Gasteiger partial charge on any atom is 0.134 e. The standard InChI is InChI=1S/C40H39NO2/c1-4-25-16-18-35-30(23-25)31-24-26(17-19-36(31)42-35)27-11-5-7-14-33(27)41-34-15-8-6-12-29(34)37-38-28(20-22-39(37,41)2)32-13-9-10-21-40(32,3)43-38/h5-15,17,19-22,24-25,28,32,37-38H,4,16,18,23H2,1-3H3. The van der Waals surface area contributed by atoms with E-state index in [1.807, 2.05) is 0 Å². The van der Waals surface area contributed by atoms with Gasteiger partial charge in [0.25, 0.3) is 0 Å². The first-order valence-electron chi connectivity index (χ1n) is 16.2. The van der Waals surface area contributed by atoms with Crippen molar-refractivity contribution in [2.45, 2.75) is 69.6 Å². The molecule has 0 radical (unpaired) electrons. The van der Waals surface area contributed by atoms with E-state index in [0.717, 1.165) is 24.3 Å². The van der Waals surface area contributed by atoms with Gasteiger partial charge in [0.05, 0.1) is 17.2 Å². The summed E-state index contributed by atoms with van der Waals surface area (Å²) in [4.78, 5) is 2.61. The van der Waals surface area contributed by atoms with Gasteiger partial charge in [-0.1, -0.05) is 92.3 Å². The summed E-state index contributed by atoms with van der Waals surface area (Å²) in [6, 6.07) is 24.9. The van der Waals surface area contributed by atoms with Gasteiger partial charge in [-0.3, -0.25) is 0 Å². The Balaban J connectivity index is 1.19. The van der Waals surface area contributed by atoms with Gasteiger partial charge >= 0.3 is 0 Å². The lowest BCUT2D eigenvalue weighted by molar-refractivity contribution is -0.0268. The monoisotopic (exact) mass is 565 g/mol. The van der Waals surface area contributed by atoms with Gasteiger partial charge in [0.1, 0.15) is 11.3 Å². The fourth-order valence-electron chi connectivity index (χ4n) is 9.29. The zero-order valence-electron chi connectivity index (χ0n) is 25.3. The van der Waals surface area contributed by atoms with Crippen LogP contribution in [0.5, 0.6) is 0 Å². The van der Waals surface area contributed by atoms with Gasteiger partial charge in [-0.15, -0.1) is 0 Å². The Morgan fingerprint density at radius 3 is 2.63 bits per heavy atom. The minimum Gasteiger partial charge on any atom is -0.461 e. The zero-order chi connectivity index (χ0) is 28.9. The van der Waals surface area contributed by atoms with Gasteiger partial charge in [0, 0.05) is 52.1 Å². The summed E-state index contributed by atoms with van der Waals surface area (Å²) < 4.78 is 13.5. The van der Waals surface area contributed by atoms with E-state index in [4.69, 9.17) is 9.15 Å². The molecule has 216 valence electrons. The van der Waals surface area contributed by atoms with E-state index in [9.17, 15) is 0 Å². The van der Waals surface area contributed by atoms with Crippen LogP contribution in [0.25, 0.3) is 22.1 Å². The van der Waals surface area contributed by atoms with Gasteiger partial charge < -0.3 is 14.1 Å². The number of rotatable bonds is 3. The minimum atomic E-state index is -0.268. The highest BCUT2D eigenvalue weighted by molar-refractivity contribution is 5.92. The molecule has 1 fully saturated rings. The van der Waals surface area contributed by atoms with E-state index in [1.54, 1.807) is 0 Å². The third-order valence-electron chi connectivity index (χ3n) is 11.5. The van der Waals surface area contributed by atoms with E-state index < -0.39 is 0 Å². The fraction of sp³-hybridized carbons (Fsp3) is 0.350. The summed E-state index contributed by atoms with van der Waals surface area (Å²) in [5.74, 6) is 2.89. The molecule has 0 amide bonds. The molecule has 5 aliphatic rings. The molecule has 3 aromatic carbocycles. The van der Waals surface area contributed by atoms with Gasteiger partial charge in [-0.2, -0.15) is 0 Å². The predicted molar refractivity (Wildman–Crippen MR) is 175 cm³/mol. The molecule has 3 aliphatic carbocycles. The highest BCUT2D eigenvalue weighted by Gasteiger charge is 2.61. The molecule has 7 unspecified atom stereocenters. The predicted octanol–water partition coefficient (Wildman–Crippen LogP) is 9.69. The van der Waals surface area contributed by atoms with Crippen molar-refractivity contribution in [3.05, 3.63) is 120 Å². The van der Waals surface area contributed by atoms with Crippen LogP contribution in [0.4, 0.5) is 11.4 Å². The van der Waals surface area contributed by atoms with Crippen LogP contribution in [-0.2, 0) is 17.6 Å². The second kappa shape index (κ2) is 9.09. The number of anilines is 2. The molecule has 43 heavy (non-hydrogen) atoms. The number of hydrogen-bond donors (Lipinski definition) is 0. The first kappa shape index (κ1) is 25.7. The van der Waals surface area contributed by atoms with Crippen LogP contribution in [0, 0.1) is 17.8 Å². The summed E-state index contributed by atoms with van der Waals surface area (Å²) >= 11 is 0. The van der Waals surface area contributed by atoms with Crippen LogP contribution >= 0.6 is 0 Å². The molecular formula is C40H39NO2. The first-order valence-corrected chi connectivity index (χ1v) is 16.2. The largest absolute Gasteiger partial charge is 0.461 e. The van der Waals surface area contributed by atoms with Crippen LogP contribution in [-0.4, -0.2) is 17.2 Å². The fourth-order valence-corrected chi connectivity index (χ4v) is 9.29. The Morgan fingerprint density at radius 1 is 0.907 bits per heavy atom. The molecule has 7 atom stereocenters. The van der Waals surface area contributed by atoms with Crippen molar-refractivity contribution < 1.29 is 9.15 Å². The van der Waals surface area contributed by atoms with Crippen LogP contribution < -0.4 is 4.90 Å². The second-order valence-electron chi connectivity index (χ2n) is 13.8. The zero-order valence-corrected chi connectivity index (χ0v) is 25.3. The number of nitrogens with zero attached hydrogens (tertiary/aromatic N) is 1. The number of aryl methyl sites for hydroxylation is 1. The molecule has 0 saturated carbocycles. The first-order chi connectivity index (χ1) is 21.0. The van der Waals surface area contributed by atoms with Crippen LogP contribution in [0.15, 0.2) is 108 Å². The molecule has 2 aliphatic heterocycles. The third kappa shape index (κ3) is 3.52. The van der Waals surface area contributed by atoms with Crippen LogP contribution in [0.3, 0.4) is 0 Å². The molecule has 1 saturated heterocycles. The van der Waals surface area contributed by atoms with Crippen molar-refractivity contribution in [2.75, 3.05) is 4.90 Å². The minimum absolute atomic E-state index is 0.107. The molecule has 3 nitrogen and oxygen atoms in total. The van der Waals surface area contributed by atoms with Crippen molar-refractivity contribution in [3.63, 3.8) is 0 Å². The number of ether oxygens (including phenoxy) is 1.